The van der Waals surface area contributed by atoms with Crippen molar-refractivity contribution in [2.75, 3.05) is 52.4 Å². The molecule has 0 spiro atoms. The van der Waals surface area contributed by atoms with Crippen LogP contribution in [0.5, 0.6) is 11.5 Å². The molecule has 1 aromatic carbocycles. The van der Waals surface area contributed by atoms with Gasteiger partial charge in [-0.3, -0.25) is 4.99 Å². The van der Waals surface area contributed by atoms with Crippen LogP contribution in [-0.2, 0) is 21.3 Å². The minimum absolute atomic E-state index is 0.0161. The molecule has 0 bridgehead atoms. The second kappa shape index (κ2) is 9.64. The lowest BCUT2D eigenvalue weighted by Gasteiger charge is -2.35. The molecule has 29 heavy (non-hydrogen) atoms. The van der Waals surface area contributed by atoms with Gasteiger partial charge >= 0.3 is 0 Å². The number of hydrogen-bond acceptors (Lipinski definition) is 6. The van der Waals surface area contributed by atoms with Crippen LogP contribution in [0.4, 0.5) is 0 Å². The molecule has 10 heteroatoms. The van der Waals surface area contributed by atoms with E-state index in [1.165, 1.54) is 4.31 Å². The predicted molar refractivity (Wildman–Crippen MR) is 111 cm³/mol. The Kier molecular flexibility index (Phi) is 7.20. The Morgan fingerprint density at radius 3 is 2.62 bits per heavy atom. The average Bonchev–Trinajstić information content (AvgIpc) is 3.16. The fourth-order valence-electron chi connectivity index (χ4n) is 3.26. The molecule has 1 aromatic rings. The van der Waals surface area contributed by atoms with E-state index < -0.39 is 10.0 Å². The Morgan fingerprint density at radius 2 is 1.93 bits per heavy atom. The fourth-order valence-corrected chi connectivity index (χ4v) is 4.55. The molecule has 3 rings (SSSR count). The molecule has 0 aliphatic carbocycles. The van der Waals surface area contributed by atoms with E-state index in [1.807, 2.05) is 32.0 Å². The molecule has 0 unspecified atom stereocenters. The highest BCUT2D eigenvalue weighted by Crippen LogP contribution is 2.32. The topological polar surface area (TPSA) is 92.7 Å². The van der Waals surface area contributed by atoms with Gasteiger partial charge in [-0.1, -0.05) is 6.07 Å². The van der Waals surface area contributed by atoms with Crippen LogP contribution in [0, 0.1) is 0 Å². The van der Waals surface area contributed by atoms with Crippen LogP contribution >= 0.6 is 0 Å². The lowest BCUT2D eigenvalue weighted by molar-refractivity contribution is 0.0904. The molecule has 1 N–H and O–H groups in total. The predicted octanol–water partition coefficient (Wildman–Crippen LogP) is 0.863. The largest absolute Gasteiger partial charge is 0.454 e. The summed E-state index contributed by atoms with van der Waals surface area (Å²) in [6.07, 6.45) is 0.0289. The number of rotatable bonds is 7. The standard InChI is InChI=1S/C19H30N4O5S/c1-15(2)26-10-11-29(24,25)23-8-6-22(7-9-23)19(20-3)21-13-16-4-5-17-18(12-16)28-14-27-17/h4-5,12,15H,6-11,13-14H2,1-3H3,(H,20,21). The summed E-state index contributed by atoms with van der Waals surface area (Å²) in [5.41, 5.74) is 1.06. The van der Waals surface area contributed by atoms with E-state index >= 15 is 0 Å². The molecule has 2 heterocycles. The number of piperazine rings is 1. The summed E-state index contributed by atoms with van der Waals surface area (Å²) < 4.78 is 42.6. The number of benzene rings is 1. The Labute approximate surface area is 172 Å². The first-order valence-corrected chi connectivity index (χ1v) is 11.4. The summed E-state index contributed by atoms with van der Waals surface area (Å²) in [5.74, 6) is 2.28. The third kappa shape index (κ3) is 5.74. The second-order valence-corrected chi connectivity index (χ2v) is 9.30. The Bertz CT molecular complexity index is 820. The van der Waals surface area contributed by atoms with Crippen molar-refractivity contribution in [1.82, 2.24) is 14.5 Å². The molecule has 0 saturated carbocycles. The van der Waals surface area contributed by atoms with Crippen molar-refractivity contribution in [3.8, 4) is 11.5 Å². The number of sulfonamides is 1. The number of nitrogens with one attached hydrogen (secondary N) is 1. The van der Waals surface area contributed by atoms with Crippen LogP contribution in [0.25, 0.3) is 0 Å². The molecule has 9 nitrogen and oxygen atoms in total. The number of guanidine groups is 1. The van der Waals surface area contributed by atoms with E-state index in [1.54, 1.807) is 7.05 Å². The molecule has 2 aliphatic heterocycles. The van der Waals surface area contributed by atoms with Crippen LogP contribution < -0.4 is 14.8 Å². The van der Waals surface area contributed by atoms with Crippen LogP contribution in [0.3, 0.4) is 0 Å². The average molecular weight is 427 g/mol. The molecule has 0 atom stereocenters. The highest BCUT2D eigenvalue weighted by molar-refractivity contribution is 7.89. The number of ether oxygens (including phenoxy) is 3. The first kappa shape index (κ1) is 21.7. The summed E-state index contributed by atoms with van der Waals surface area (Å²) in [6, 6.07) is 5.83. The van der Waals surface area contributed by atoms with Gasteiger partial charge in [0.25, 0.3) is 0 Å². The van der Waals surface area contributed by atoms with Gasteiger partial charge < -0.3 is 24.4 Å². The van der Waals surface area contributed by atoms with E-state index in [0.717, 1.165) is 23.0 Å². The molecule has 162 valence electrons. The van der Waals surface area contributed by atoms with Gasteiger partial charge in [0.15, 0.2) is 17.5 Å². The zero-order chi connectivity index (χ0) is 20.9. The first-order valence-electron chi connectivity index (χ1n) is 9.82. The van der Waals surface area contributed by atoms with Gasteiger partial charge in [-0.05, 0) is 31.5 Å². The van der Waals surface area contributed by atoms with Gasteiger partial charge in [-0.2, -0.15) is 4.31 Å². The maximum absolute atomic E-state index is 12.5. The summed E-state index contributed by atoms with van der Waals surface area (Å²) in [5, 5.41) is 3.34. The van der Waals surface area contributed by atoms with Crippen molar-refractivity contribution in [1.29, 1.82) is 0 Å². The molecule has 1 fully saturated rings. The molecule has 0 amide bonds. The van der Waals surface area contributed by atoms with Gasteiger partial charge in [-0.25, -0.2) is 8.42 Å². The van der Waals surface area contributed by atoms with Gasteiger partial charge in [-0.15, -0.1) is 0 Å². The maximum atomic E-state index is 12.5. The monoisotopic (exact) mass is 426 g/mol. The fraction of sp³-hybridized carbons (Fsp3) is 0.632. The summed E-state index contributed by atoms with van der Waals surface area (Å²) in [6.45, 7) is 6.92. The van der Waals surface area contributed by atoms with E-state index in [9.17, 15) is 8.42 Å². The maximum Gasteiger partial charge on any atom is 0.231 e. The van der Waals surface area contributed by atoms with E-state index in [2.05, 4.69) is 15.2 Å². The van der Waals surface area contributed by atoms with Crippen LogP contribution in [0.2, 0.25) is 0 Å². The van der Waals surface area contributed by atoms with Gasteiger partial charge in [0.2, 0.25) is 16.8 Å². The Morgan fingerprint density at radius 1 is 1.21 bits per heavy atom. The zero-order valence-corrected chi connectivity index (χ0v) is 18.1. The third-order valence-electron chi connectivity index (χ3n) is 4.82. The Hall–Kier alpha value is -2.04. The van der Waals surface area contributed by atoms with E-state index in [0.29, 0.717) is 32.7 Å². The second-order valence-electron chi connectivity index (χ2n) is 7.21. The minimum atomic E-state index is -3.30. The molecule has 1 saturated heterocycles. The lowest BCUT2D eigenvalue weighted by atomic mass is 10.2. The third-order valence-corrected chi connectivity index (χ3v) is 6.66. The van der Waals surface area contributed by atoms with E-state index in [4.69, 9.17) is 14.2 Å². The van der Waals surface area contributed by atoms with Crippen molar-refractivity contribution >= 4 is 16.0 Å². The SMILES string of the molecule is CN=C(NCc1ccc2c(c1)OCO2)N1CCN(S(=O)(=O)CCOC(C)C)CC1. The molecular weight excluding hydrogens is 396 g/mol. The van der Waals surface area contributed by atoms with Crippen LogP contribution in [0.1, 0.15) is 19.4 Å². The van der Waals surface area contributed by atoms with Crippen LogP contribution in [0.15, 0.2) is 23.2 Å². The number of nitrogens with zero attached hydrogens (tertiary/aromatic N) is 3. The van der Waals surface area contributed by atoms with Crippen molar-refractivity contribution < 1.29 is 22.6 Å². The van der Waals surface area contributed by atoms with Gasteiger partial charge in [0.05, 0.1) is 18.5 Å². The zero-order valence-electron chi connectivity index (χ0n) is 17.3. The molecule has 0 radical (unpaired) electrons. The molecular formula is C19H30N4O5S. The summed E-state index contributed by atoms with van der Waals surface area (Å²) >= 11 is 0. The Balaban J connectivity index is 1.48. The van der Waals surface area contributed by atoms with Crippen molar-refractivity contribution in [3.05, 3.63) is 23.8 Å². The normalized spacial score (nSPS) is 17.8. The number of aliphatic imine (C=N–C) groups is 1. The molecule has 0 aromatic heterocycles. The summed E-state index contributed by atoms with van der Waals surface area (Å²) in [7, 11) is -1.57. The van der Waals surface area contributed by atoms with Crippen molar-refractivity contribution in [3.63, 3.8) is 0 Å². The quantitative estimate of drug-likeness (QED) is 0.511. The minimum Gasteiger partial charge on any atom is -0.454 e. The van der Waals surface area contributed by atoms with Crippen LogP contribution in [-0.4, -0.2) is 82.1 Å². The highest BCUT2D eigenvalue weighted by atomic mass is 32.2. The van der Waals surface area contributed by atoms with E-state index in [-0.39, 0.29) is 25.3 Å². The first-order chi connectivity index (χ1) is 13.9. The summed E-state index contributed by atoms with van der Waals surface area (Å²) in [4.78, 5) is 6.42. The van der Waals surface area contributed by atoms with Gasteiger partial charge in [0, 0.05) is 39.8 Å². The highest BCUT2D eigenvalue weighted by Gasteiger charge is 2.28. The lowest BCUT2D eigenvalue weighted by Crippen LogP contribution is -2.54. The van der Waals surface area contributed by atoms with Crippen molar-refractivity contribution in [2.45, 2.75) is 26.5 Å². The number of fused-ring (bicyclic) bond motifs is 1. The number of hydrogen-bond donors (Lipinski definition) is 1. The smallest absolute Gasteiger partial charge is 0.231 e. The van der Waals surface area contributed by atoms with Gasteiger partial charge in [0.1, 0.15) is 0 Å². The van der Waals surface area contributed by atoms with Crippen molar-refractivity contribution in [2.24, 2.45) is 4.99 Å². The molecule has 2 aliphatic rings.